The molecule has 3 aromatic rings. The van der Waals surface area contributed by atoms with Crippen molar-refractivity contribution in [3.05, 3.63) is 72.7 Å². The van der Waals surface area contributed by atoms with Crippen LogP contribution in [0.4, 0.5) is 0 Å². The van der Waals surface area contributed by atoms with Crippen molar-refractivity contribution in [1.29, 1.82) is 0 Å². The number of para-hydroxylation sites is 1. The summed E-state index contributed by atoms with van der Waals surface area (Å²) in [6.45, 7) is 1.04. The van der Waals surface area contributed by atoms with Gasteiger partial charge >= 0.3 is 0 Å². The Morgan fingerprint density at radius 3 is 2.48 bits per heavy atom. The number of sulfonamides is 1. The topological polar surface area (TPSA) is 88.4 Å². The highest BCUT2D eigenvalue weighted by molar-refractivity contribution is 7.88. The van der Waals surface area contributed by atoms with Gasteiger partial charge in [0.1, 0.15) is 5.69 Å². The fourth-order valence-corrected chi connectivity index (χ4v) is 4.69. The van der Waals surface area contributed by atoms with E-state index in [0.717, 1.165) is 22.5 Å². The van der Waals surface area contributed by atoms with Crippen molar-refractivity contribution in [3.63, 3.8) is 0 Å². The lowest BCUT2D eigenvalue weighted by Gasteiger charge is -2.35. The fraction of sp³-hybridized carbons (Fsp3) is 0.292. The van der Waals surface area contributed by atoms with Crippen molar-refractivity contribution in [1.82, 2.24) is 24.0 Å². The lowest BCUT2D eigenvalue weighted by atomic mass is 10.1. The van der Waals surface area contributed by atoms with Crippen LogP contribution in [-0.2, 0) is 14.8 Å². The van der Waals surface area contributed by atoms with Crippen molar-refractivity contribution >= 4 is 22.0 Å². The molecule has 172 valence electrons. The van der Waals surface area contributed by atoms with Crippen molar-refractivity contribution in [2.45, 2.75) is 18.9 Å². The van der Waals surface area contributed by atoms with Gasteiger partial charge < -0.3 is 4.90 Å². The molecule has 0 aliphatic carbocycles. The van der Waals surface area contributed by atoms with Crippen molar-refractivity contribution in [2.75, 3.05) is 26.4 Å². The van der Waals surface area contributed by atoms with Crippen LogP contribution in [0.5, 0.6) is 0 Å². The molecule has 0 unspecified atom stereocenters. The molecular weight excluding hydrogens is 438 g/mol. The largest absolute Gasteiger partial charge is 0.339 e. The third-order valence-corrected chi connectivity index (χ3v) is 7.26. The van der Waals surface area contributed by atoms with E-state index in [2.05, 4.69) is 4.98 Å². The molecule has 0 bridgehead atoms. The minimum Gasteiger partial charge on any atom is -0.339 e. The number of hydrogen-bond donors (Lipinski definition) is 0. The summed E-state index contributed by atoms with van der Waals surface area (Å²) in [4.78, 5) is 18.8. The van der Waals surface area contributed by atoms with Crippen LogP contribution in [-0.4, -0.2) is 70.7 Å². The van der Waals surface area contributed by atoms with Gasteiger partial charge in [-0.3, -0.25) is 9.78 Å². The summed E-state index contributed by atoms with van der Waals surface area (Å²) in [5.41, 5.74) is 3.34. The fourth-order valence-electron chi connectivity index (χ4n) is 3.94. The third kappa shape index (κ3) is 5.37. The van der Waals surface area contributed by atoms with Crippen LogP contribution in [0.25, 0.3) is 23.0 Å². The van der Waals surface area contributed by atoms with Gasteiger partial charge in [0.2, 0.25) is 15.9 Å². The number of pyridine rings is 1. The Hall–Kier alpha value is -3.30. The second-order valence-corrected chi connectivity index (χ2v) is 10.2. The number of benzene rings is 1. The molecule has 0 spiro atoms. The molecule has 33 heavy (non-hydrogen) atoms. The molecule has 0 N–H and O–H groups in total. The number of rotatable bonds is 6. The van der Waals surface area contributed by atoms with Crippen LogP contribution < -0.4 is 0 Å². The lowest BCUT2D eigenvalue weighted by molar-refractivity contribution is -0.127. The van der Waals surface area contributed by atoms with E-state index in [4.69, 9.17) is 5.10 Å². The molecule has 1 amide bonds. The summed E-state index contributed by atoms with van der Waals surface area (Å²) in [6.07, 6.45) is 11.2. The number of piperidine rings is 1. The predicted molar refractivity (Wildman–Crippen MR) is 128 cm³/mol. The summed E-state index contributed by atoms with van der Waals surface area (Å²) in [6, 6.07) is 13.5. The average Bonchev–Trinajstić information content (AvgIpc) is 3.27. The Morgan fingerprint density at radius 2 is 1.85 bits per heavy atom. The average molecular weight is 466 g/mol. The molecule has 8 nitrogen and oxygen atoms in total. The highest BCUT2D eigenvalue weighted by Crippen LogP contribution is 2.24. The summed E-state index contributed by atoms with van der Waals surface area (Å²) in [7, 11) is -1.64. The predicted octanol–water partition coefficient (Wildman–Crippen LogP) is 2.83. The Labute approximate surface area is 194 Å². The zero-order chi connectivity index (χ0) is 23.4. The van der Waals surface area contributed by atoms with Gasteiger partial charge in [-0.2, -0.15) is 5.10 Å². The molecule has 2 aromatic heterocycles. The molecule has 9 heteroatoms. The van der Waals surface area contributed by atoms with E-state index in [-0.39, 0.29) is 11.9 Å². The van der Waals surface area contributed by atoms with Gasteiger partial charge in [-0.1, -0.05) is 18.2 Å². The molecular formula is C24H27N5O3S. The second kappa shape index (κ2) is 9.68. The first-order valence-corrected chi connectivity index (χ1v) is 12.6. The van der Waals surface area contributed by atoms with Gasteiger partial charge in [-0.25, -0.2) is 17.4 Å². The summed E-state index contributed by atoms with van der Waals surface area (Å²) in [5.74, 6) is -0.0972. The Bertz CT molecular complexity index is 1230. The van der Waals surface area contributed by atoms with Crippen molar-refractivity contribution < 1.29 is 13.2 Å². The highest BCUT2D eigenvalue weighted by Gasteiger charge is 2.28. The van der Waals surface area contributed by atoms with E-state index in [9.17, 15) is 13.2 Å². The number of aromatic nitrogens is 3. The number of hydrogen-bond acceptors (Lipinski definition) is 5. The van der Waals surface area contributed by atoms with Crippen LogP contribution >= 0.6 is 0 Å². The number of nitrogens with zero attached hydrogens (tertiary/aromatic N) is 5. The molecule has 1 aliphatic heterocycles. The third-order valence-electron chi connectivity index (χ3n) is 5.92. The second-order valence-electron chi connectivity index (χ2n) is 8.12. The highest BCUT2D eigenvalue weighted by atomic mass is 32.2. The molecule has 0 radical (unpaired) electrons. The van der Waals surface area contributed by atoms with Crippen LogP contribution in [0, 0.1) is 0 Å². The van der Waals surface area contributed by atoms with Crippen LogP contribution in [0.2, 0.25) is 0 Å². The van der Waals surface area contributed by atoms with E-state index in [0.29, 0.717) is 25.9 Å². The molecule has 1 fully saturated rings. The summed E-state index contributed by atoms with van der Waals surface area (Å²) < 4.78 is 26.8. The summed E-state index contributed by atoms with van der Waals surface area (Å²) in [5, 5.41) is 4.73. The van der Waals surface area contributed by atoms with Crippen LogP contribution in [0.1, 0.15) is 18.4 Å². The Balaban J connectivity index is 1.52. The summed E-state index contributed by atoms with van der Waals surface area (Å²) >= 11 is 0. The molecule has 1 aromatic carbocycles. The van der Waals surface area contributed by atoms with Gasteiger partial charge in [-0.15, -0.1) is 0 Å². The smallest absolute Gasteiger partial charge is 0.246 e. The number of amides is 1. The van der Waals surface area contributed by atoms with Gasteiger partial charge in [0.15, 0.2) is 0 Å². The van der Waals surface area contributed by atoms with E-state index in [1.165, 1.54) is 10.6 Å². The maximum Gasteiger partial charge on any atom is 0.246 e. The van der Waals surface area contributed by atoms with Gasteiger partial charge in [0.05, 0.1) is 11.9 Å². The maximum atomic E-state index is 12.8. The van der Waals surface area contributed by atoms with Gasteiger partial charge in [-0.05, 0) is 43.2 Å². The van der Waals surface area contributed by atoms with E-state index in [1.807, 2.05) is 48.7 Å². The first-order valence-electron chi connectivity index (χ1n) is 10.8. The van der Waals surface area contributed by atoms with E-state index in [1.54, 1.807) is 41.2 Å². The monoisotopic (exact) mass is 465 g/mol. The normalized spacial score (nSPS) is 15.4. The molecule has 0 atom stereocenters. The molecule has 1 saturated heterocycles. The quantitative estimate of drug-likeness (QED) is 0.523. The zero-order valence-electron chi connectivity index (χ0n) is 18.7. The number of likely N-dealkylation sites (tertiary alicyclic amines) is 1. The standard InChI is InChI=1S/C24H27N5O3S/c1-27(33(2,31)32)21-12-15-28(16-13-21)23(30)11-10-20-18-29(22-8-4-3-5-9-22)26-24(20)19-7-6-14-25-17-19/h3-11,14,17-18,21H,12-13,15-16H2,1-2H3/b11-10+. The number of carbonyl (C=O) groups is 1. The zero-order valence-corrected chi connectivity index (χ0v) is 19.5. The van der Waals surface area contributed by atoms with E-state index >= 15 is 0 Å². The SMILES string of the molecule is CN(C1CCN(C(=O)/C=C/c2cn(-c3ccccc3)nc2-c2cccnc2)CC1)S(C)(=O)=O. The minimum absolute atomic E-state index is 0.0747. The van der Waals surface area contributed by atoms with E-state index < -0.39 is 10.0 Å². The Morgan fingerprint density at radius 1 is 1.12 bits per heavy atom. The maximum absolute atomic E-state index is 12.8. The van der Waals surface area contributed by atoms with Crippen molar-refractivity contribution in [3.8, 4) is 16.9 Å². The first kappa shape index (κ1) is 22.9. The minimum atomic E-state index is -3.24. The van der Waals surface area contributed by atoms with Gasteiger partial charge in [0, 0.05) is 62.0 Å². The van der Waals surface area contributed by atoms with Crippen molar-refractivity contribution in [2.24, 2.45) is 0 Å². The van der Waals surface area contributed by atoms with Gasteiger partial charge in [0.25, 0.3) is 0 Å². The molecule has 4 rings (SSSR count). The lowest BCUT2D eigenvalue weighted by Crippen LogP contribution is -2.46. The number of carbonyl (C=O) groups excluding carboxylic acids is 1. The first-order chi connectivity index (χ1) is 15.8. The Kier molecular flexibility index (Phi) is 6.71. The van der Waals surface area contributed by atoms with Crippen LogP contribution in [0.15, 0.2) is 67.1 Å². The molecule has 1 aliphatic rings. The van der Waals surface area contributed by atoms with Crippen LogP contribution in [0.3, 0.4) is 0 Å². The molecule has 3 heterocycles. The molecule has 0 saturated carbocycles.